The summed E-state index contributed by atoms with van der Waals surface area (Å²) in [4.78, 5) is 0. The van der Waals surface area contributed by atoms with Gasteiger partial charge in [0.1, 0.15) is 0 Å². The standard InChI is InChI=1S/C10H15ClN2Si/c1-9-8-12(2)14(11)13(9)10-6-4-3-5-7-10/h3-7,9,14H,8H2,1-2H3. The number of hydrogen-bond donors (Lipinski definition) is 0. The predicted molar refractivity (Wildman–Crippen MR) is 64.0 cm³/mol. The summed E-state index contributed by atoms with van der Waals surface area (Å²) in [5.74, 6) is 0. The topological polar surface area (TPSA) is 6.48 Å². The summed E-state index contributed by atoms with van der Waals surface area (Å²) >= 11 is 6.45. The van der Waals surface area contributed by atoms with Gasteiger partial charge in [-0.2, -0.15) is 0 Å². The molecule has 1 aliphatic heterocycles. The molecule has 0 radical (unpaired) electrons. The first-order valence-corrected chi connectivity index (χ1v) is 7.65. The molecule has 0 N–H and O–H groups in total. The zero-order valence-electron chi connectivity index (χ0n) is 8.52. The SMILES string of the molecule is CC1CN(C)[SiH](Cl)N1c1ccccc1. The molecule has 1 aromatic rings. The number of hydrogen-bond acceptors (Lipinski definition) is 2. The van der Waals surface area contributed by atoms with E-state index in [1.807, 2.05) is 6.07 Å². The molecule has 1 aliphatic rings. The average molecular weight is 227 g/mol. The van der Waals surface area contributed by atoms with Crippen LogP contribution in [0.1, 0.15) is 6.92 Å². The van der Waals surface area contributed by atoms with E-state index in [4.69, 9.17) is 11.1 Å². The zero-order valence-corrected chi connectivity index (χ0v) is 10.4. The minimum Gasteiger partial charge on any atom is -0.372 e. The van der Waals surface area contributed by atoms with Crippen LogP contribution in [0.5, 0.6) is 0 Å². The van der Waals surface area contributed by atoms with Gasteiger partial charge in [0.2, 0.25) is 0 Å². The molecule has 0 bridgehead atoms. The fourth-order valence-electron chi connectivity index (χ4n) is 1.99. The molecule has 2 unspecified atom stereocenters. The molecule has 1 saturated heterocycles. The van der Waals surface area contributed by atoms with Crippen LogP contribution in [0.4, 0.5) is 5.69 Å². The predicted octanol–water partition coefficient (Wildman–Crippen LogP) is 1.78. The molecule has 1 heterocycles. The molecule has 1 aromatic carbocycles. The maximum Gasteiger partial charge on any atom is 0.320 e. The van der Waals surface area contributed by atoms with Gasteiger partial charge >= 0.3 is 8.43 Å². The Bertz CT molecular complexity index is 306. The van der Waals surface area contributed by atoms with E-state index in [1.54, 1.807) is 0 Å². The molecular formula is C10H15ClN2Si. The number of para-hydroxylation sites is 1. The van der Waals surface area contributed by atoms with Crippen molar-refractivity contribution in [3.05, 3.63) is 30.3 Å². The van der Waals surface area contributed by atoms with Gasteiger partial charge in [-0.25, -0.2) is 0 Å². The highest BCUT2D eigenvalue weighted by Crippen LogP contribution is 2.25. The second-order valence-corrected chi connectivity index (χ2v) is 7.07. The summed E-state index contributed by atoms with van der Waals surface area (Å²) in [5.41, 5.74) is 1.26. The summed E-state index contributed by atoms with van der Waals surface area (Å²) < 4.78 is 4.67. The molecule has 2 rings (SSSR count). The Labute approximate surface area is 91.6 Å². The van der Waals surface area contributed by atoms with Gasteiger partial charge in [-0.3, -0.25) is 4.57 Å². The fraction of sp³-hybridized carbons (Fsp3) is 0.400. The van der Waals surface area contributed by atoms with Crippen LogP contribution >= 0.6 is 11.1 Å². The normalized spacial score (nSPS) is 28.4. The molecule has 4 heteroatoms. The smallest absolute Gasteiger partial charge is 0.320 e. The average Bonchev–Trinajstić information content (AvgIpc) is 2.43. The minimum atomic E-state index is -1.40. The molecule has 0 amide bonds. The summed E-state index contributed by atoms with van der Waals surface area (Å²) in [5, 5.41) is 0. The van der Waals surface area contributed by atoms with E-state index in [2.05, 4.69) is 47.4 Å². The van der Waals surface area contributed by atoms with E-state index in [0.717, 1.165) is 6.54 Å². The third-order valence-electron chi connectivity index (χ3n) is 2.67. The first kappa shape index (κ1) is 10.0. The number of benzene rings is 1. The molecular weight excluding hydrogens is 212 g/mol. The van der Waals surface area contributed by atoms with Crippen molar-refractivity contribution in [2.75, 3.05) is 18.2 Å². The van der Waals surface area contributed by atoms with E-state index in [-0.39, 0.29) is 0 Å². The van der Waals surface area contributed by atoms with Gasteiger partial charge in [-0.05, 0) is 26.1 Å². The second-order valence-electron chi connectivity index (χ2n) is 3.84. The first-order valence-electron chi connectivity index (χ1n) is 4.88. The number of nitrogens with zero attached hydrogens (tertiary/aromatic N) is 2. The van der Waals surface area contributed by atoms with Crippen molar-refractivity contribution in [2.45, 2.75) is 13.0 Å². The number of halogens is 1. The largest absolute Gasteiger partial charge is 0.372 e. The molecule has 2 atom stereocenters. The highest BCUT2D eigenvalue weighted by Gasteiger charge is 2.35. The molecule has 0 aromatic heterocycles. The van der Waals surface area contributed by atoms with Gasteiger partial charge in [0.05, 0.1) is 0 Å². The Morgan fingerprint density at radius 1 is 1.36 bits per heavy atom. The molecule has 0 saturated carbocycles. The highest BCUT2D eigenvalue weighted by molar-refractivity contribution is 7.07. The van der Waals surface area contributed by atoms with Crippen LogP contribution in [-0.2, 0) is 0 Å². The quantitative estimate of drug-likeness (QED) is 0.532. The van der Waals surface area contributed by atoms with Gasteiger partial charge < -0.3 is 4.57 Å². The molecule has 0 spiro atoms. The monoisotopic (exact) mass is 226 g/mol. The van der Waals surface area contributed by atoms with Crippen LogP contribution in [-0.4, -0.2) is 32.6 Å². The van der Waals surface area contributed by atoms with Crippen molar-refractivity contribution in [2.24, 2.45) is 0 Å². The Balaban J connectivity index is 2.26. The third kappa shape index (κ3) is 1.67. The van der Waals surface area contributed by atoms with Crippen molar-refractivity contribution in [1.29, 1.82) is 0 Å². The third-order valence-corrected chi connectivity index (χ3v) is 6.51. The number of likely N-dealkylation sites (N-methyl/N-ethyl adjacent to an activating group) is 1. The van der Waals surface area contributed by atoms with Crippen molar-refractivity contribution in [1.82, 2.24) is 4.57 Å². The van der Waals surface area contributed by atoms with Crippen molar-refractivity contribution in [3.63, 3.8) is 0 Å². The van der Waals surface area contributed by atoms with E-state index in [1.165, 1.54) is 5.69 Å². The molecule has 2 nitrogen and oxygen atoms in total. The lowest BCUT2D eigenvalue weighted by Gasteiger charge is -2.26. The number of anilines is 1. The van der Waals surface area contributed by atoms with Gasteiger partial charge in [0.15, 0.2) is 0 Å². The second kappa shape index (κ2) is 3.93. The van der Waals surface area contributed by atoms with Gasteiger partial charge in [0, 0.05) is 18.3 Å². The lowest BCUT2D eigenvalue weighted by molar-refractivity contribution is 0.541. The van der Waals surface area contributed by atoms with Gasteiger partial charge in [-0.1, -0.05) is 18.2 Å². The van der Waals surface area contributed by atoms with E-state index in [0.29, 0.717) is 6.04 Å². The van der Waals surface area contributed by atoms with Gasteiger partial charge in [-0.15, -0.1) is 11.1 Å². The fourth-order valence-corrected chi connectivity index (χ4v) is 4.98. The molecule has 14 heavy (non-hydrogen) atoms. The minimum absolute atomic E-state index is 0.538. The van der Waals surface area contributed by atoms with Crippen LogP contribution < -0.4 is 4.57 Å². The van der Waals surface area contributed by atoms with Crippen molar-refractivity contribution < 1.29 is 0 Å². The van der Waals surface area contributed by atoms with E-state index >= 15 is 0 Å². The first-order chi connectivity index (χ1) is 6.70. The highest BCUT2D eigenvalue weighted by atomic mass is 35.6. The Hall–Kier alpha value is -0.513. The van der Waals surface area contributed by atoms with E-state index < -0.39 is 8.43 Å². The van der Waals surface area contributed by atoms with Crippen LogP contribution in [0.15, 0.2) is 30.3 Å². The molecule has 76 valence electrons. The van der Waals surface area contributed by atoms with Crippen LogP contribution in [0.3, 0.4) is 0 Å². The Morgan fingerprint density at radius 3 is 2.50 bits per heavy atom. The lowest BCUT2D eigenvalue weighted by atomic mass is 10.2. The summed E-state index contributed by atoms with van der Waals surface area (Å²) in [6.45, 7) is 3.31. The maximum atomic E-state index is 6.45. The van der Waals surface area contributed by atoms with E-state index in [9.17, 15) is 0 Å². The Morgan fingerprint density at radius 2 is 2.00 bits per heavy atom. The van der Waals surface area contributed by atoms with Crippen molar-refractivity contribution in [3.8, 4) is 0 Å². The zero-order chi connectivity index (χ0) is 10.1. The summed E-state index contributed by atoms with van der Waals surface area (Å²) in [6.07, 6.45) is 0. The summed E-state index contributed by atoms with van der Waals surface area (Å²) in [6, 6.07) is 11.0. The van der Waals surface area contributed by atoms with Crippen LogP contribution in [0.25, 0.3) is 0 Å². The molecule has 0 aliphatic carbocycles. The van der Waals surface area contributed by atoms with Crippen LogP contribution in [0, 0.1) is 0 Å². The maximum absolute atomic E-state index is 6.45. The van der Waals surface area contributed by atoms with Crippen molar-refractivity contribution >= 4 is 25.2 Å². The van der Waals surface area contributed by atoms with Crippen LogP contribution in [0.2, 0.25) is 0 Å². The number of rotatable bonds is 1. The van der Waals surface area contributed by atoms with Gasteiger partial charge in [0.25, 0.3) is 0 Å². The lowest BCUT2D eigenvalue weighted by Crippen LogP contribution is -2.39. The summed E-state index contributed by atoms with van der Waals surface area (Å²) in [7, 11) is 0.710. The Kier molecular flexibility index (Phi) is 2.81. The molecule has 1 fully saturated rings.